The highest BCUT2D eigenvalue weighted by molar-refractivity contribution is 6.04. The molecule has 0 bridgehead atoms. The maximum atomic E-state index is 12.9. The van der Waals surface area contributed by atoms with E-state index in [0.717, 1.165) is 36.7 Å². The lowest BCUT2D eigenvalue weighted by Crippen LogP contribution is -2.31. The van der Waals surface area contributed by atoms with Crippen molar-refractivity contribution in [1.29, 1.82) is 5.41 Å². The number of ether oxygens (including phenoxy) is 1. The minimum Gasteiger partial charge on any atom is -0.507 e. The van der Waals surface area contributed by atoms with Crippen LogP contribution < -0.4 is 9.64 Å². The van der Waals surface area contributed by atoms with Gasteiger partial charge in [0, 0.05) is 29.9 Å². The molecule has 0 aromatic heterocycles. The Kier molecular flexibility index (Phi) is 7.50. The number of hydrogen-bond acceptors (Lipinski definition) is 5. The number of phenolic OH excluding ortho intramolecular Hbond substituents is 1. The molecule has 0 saturated heterocycles. The average molecular weight is 464 g/mol. The van der Waals surface area contributed by atoms with Crippen molar-refractivity contribution in [3.05, 3.63) is 52.6 Å². The van der Waals surface area contributed by atoms with Gasteiger partial charge in [0.2, 0.25) is 0 Å². The predicted octanol–water partition coefficient (Wildman–Crippen LogP) is 5.19. The number of aromatic hydroxyl groups is 1. The first-order valence-corrected chi connectivity index (χ1v) is 10.9. The quantitative estimate of drug-likeness (QED) is 0.351. The number of nitrogens with one attached hydrogen (secondary N) is 1. The van der Waals surface area contributed by atoms with Gasteiger partial charge in [0.15, 0.2) is 0 Å². The number of phenols is 1. The van der Waals surface area contributed by atoms with Gasteiger partial charge in [-0.25, -0.2) is 4.79 Å². The number of carboxylic acids is 1. The molecular weight excluding hydrogens is 437 g/mol. The molecule has 3 rings (SSSR count). The Labute approximate surface area is 190 Å². The van der Waals surface area contributed by atoms with Gasteiger partial charge in [-0.15, -0.1) is 0 Å². The first-order chi connectivity index (χ1) is 15.6. The Balaban J connectivity index is 1.66. The largest absolute Gasteiger partial charge is 0.507 e. The average Bonchev–Trinajstić information content (AvgIpc) is 2.77. The second-order valence-corrected chi connectivity index (χ2v) is 8.00. The zero-order valence-corrected chi connectivity index (χ0v) is 18.3. The third-order valence-electron chi connectivity index (χ3n) is 5.66. The minimum atomic E-state index is -4.85. The summed E-state index contributed by atoms with van der Waals surface area (Å²) >= 11 is 0. The molecule has 1 heterocycles. The van der Waals surface area contributed by atoms with Crippen molar-refractivity contribution in [3.63, 3.8) is 0 Å². The number of benzene rings is 2. The smallest absolute Gasteiger partial charge is 0.433 e. The molecule has 33 heavy (non-hydrogen) atoms. The SMILES string of the molecule is CCCc1c(OCCCN2CCCc3cc(C(=O)O)ccc32)ccc(C(=N)C(F)(F)F)c1O. The highest BCUT2D eigenvalue weighted by atomic mass is 19.4. The molecule has 0 aliphatic carbocycles. The van der Waals surface area contributed by atoms with E-state index in [0.29, 0.717) is 38.2 Å². The summed E-state index contributed by atoms with van der Waals surface area (Å²) in [4.78, 5) is 13.4. The molecule has 9 heteroatoms. The number of anilines is 1. The van der Waals surface area contributed by atoms with Gasteiger partial charge < -0.3 is 19.8 Å². The summed E-state index contributed by atoms with van der Waals surface area (Å²) in [6, 6.07) is 7.57. The number of hydrogen-bond donors (Lipinski definition) is 3. The van der Waals surface area contributed by atoms with Gasteiger partial charge in [-0.1, -0.05) is 13.3 Å². The van der Waals surface area contributed by atoms with E-state index in [1.165, 1.54) is 6.07 Å². The van der Waals surface area contributed by atoms with Gasteiger partial charge in [0.25, 0.3) is 0 Å². The first kappa shape index (κ1) is 24.4. The normalized spacial score (nSPS) is 13.5. The predicted molar refractivity (Wildman–Crippen MR) is 119 cm³/mol. The van der Waals surface area contributed by atoms with E-state index in [1.807, 2.05) is 13.0 Å². The van der Waals surface area contributed by atoms with Crippen molar-refractivity contribution >= 4 is 17.4 Å². The van der Waals surface area contributed by atoms with E-state index in [2.05, 4.69) is 4.90 Å². The van der Waals surface area contributed by atoms with Crippen molar-refractivity contribution in [1.82, 2.24) is 0 Å². The maximum absolute atomic E-state index is 12.9. The van der Waals surface area contributed by atoms with Crippen molar-refractivity contribution in [3.8, 4) is 11.5 Å². The van der Waals surface area contributed by atoms with Crippen LogP contribution in [0.4, 0.5) is 18.9 Å². The molecule has 0 saturated carbocycles. The molecular formula is C24H27F3N2O4. The minimum absolute atomic E-state index is 0.268. The number of aromatic carboxylic acids is 1. The highest BCUT2D eigenvalue weighted by Gasteiger charge is 2.37. The summed E-state index contributed by atoms with van der Waals surface area (Å²) < 4.78 is 44.6. The summed E-state index contributed by atoms with van der Waals surface area (Å²) in [6.45, 7) is 3.65. The van der Waals surface area contributed by atoms with E-state index in [4.69, 9.17) is 10.1 Å². The molecule has 1 aliphatic rings. The fourth-order valence-electron chi connectivity index (χ4n) is 4.08. The van der Waals surface area contributed by atoms with Crippen LogP contribution in [-0.2, 0) is 12.8 Å². The third kappa shape index (κ3) is 5.58. The number of alkyl halides is 3. The Morgan fingerprint density at radius 2 is 2.00 bits per heavy atom. The van der Waals surface area contributed by atoms with Gasteiger partial charge >= 0.3 is 12.1 Å². The van der Waals surface area contributed by atoms with Crippen LogP contribution in [0, 0.1) is 5.41 Å². The van der Waals surface area contributed by atoms with Crippen molar-refractivity contribution in [2.24, 2.45) is 0 Å². The Morgan fingerprint density at radius 1 is 1.24 bits per heavy atom. The van der Waals surface area contributed by atoms with Crippen LogP contribution in [0.3, 0.4) is 0 Å². The van der Waals surface area contributed by atoms with Crippen molar-refractivity contribution < 1.29 is 32.9 Å². The van der Waals surface area contributed by atoms with Gasteiger partial charge in [0.05, 0.1) is 12.2 Å². The van der Waals surface area contributed by atoms with Crippen LogP contribution in [0.15, 0.2) is 30.3 Å². The summed E-state index contributed by atoms with van der Waals surface area (Å²) in [7, 11) is 0. The van der Waals surface area contributed by atoms with E-state index in [1.54, 1.807) is 12.1 Å². The molecule has 0 radical (unpaired) electrons. The molecule has 0 amide bonds. The standard InChI is InChI=1S/C24H27F3N2O4/c1-2-5-17-20(10-8-18(21(17)30)22(28)24(25,26)27)33-13-4-12-29-11-3-6-15-14-16(23(31)32)7-9-19(15)29/h7-10,14,28,30H,2-6,11-13H2,1H3,(H,31,32). The molecule has 3 N–H and O–H groups in total. The third-order valence-corrected chi connectivity index (χ3v) is 5.66. The summed E-state index contributed by atoms with van der Waals surface area (Å²) in [5, 5.41) is 26.9. The van der Waals surface area contributed by atoms with E-state index < -0.39 is 29.2 Å². The fraction of sp³-hybridized carbons (Fsp3) is 0.417. The zero-order chi connectivity index (χ0) is 24.2. The Bertz CT molecular complexity index is 1040. The number of carbonyl (C=O) groups is 1. The number of nitrogens with zero attached hydrogens (tertiary/aromatic N) is 1. The monoisotopic (exact) mass is 464 g/mol. The lowest BCUT2D eigenvalue weighted by Gasteiger charge is -2.31. The summed E-state index contributed by atoms with van der Waals surface area (Å²) in [5.41, 5.74) is 0.408. The topological polar surface area (TPSA) is 93.9 Å². The van der Waals surface area contributed by atoms with E-state index in [9.17, 15) is 28.2 Å². The van der Waals surface area contributed by atoms with Gasteiger partial charge in [0.1, 0.15) is 17.2 Å². The van der Waals surface area contributed by atoms with Crippen LogP contribution in [-0.4, -0.2) is 47.8 Å². The van der Waals surface area contributed by atoms with Crippen LogP contribution in [0.25, 0.3) is 0 Å². The second kappa shape index (κ2) is 10.1. The first-order valence-electron chi connectivity index (χ1n) is 10.9. The number of halogens is 3. The van der Waals surface area contributed by atoms with Gasteiger partial charge in [-0.05, 0) is 61.6 Å². The number of fused-ring (bicyclic) bond motifs is 1. The van der Waals surface area contributed by atoms with Crippen molar-refractivity contribution in [2.45, 2.75) is 45.2 Å². The Hall–Kier alpha value is -3.23. The maximum Gasteiger partial charge on any atom is 0.433 e. The lowest BCUT2D eigenvalue weighted by atomic mass is 9.99. The highest BCUT2D eigenvalue weighted by Crippen LogP contribution is 2.36. The molecule has 6 nitrogen and oxygen atoms in total. The lowest BCUT2D eigenvalue weighted by molar-refractivity contribution is -0.0588. The van der Waals surface area contributed by atoms with Crippen molar-refractivity contribution in [2.75, 3.05) is 24.6 Å². The van der Waals surface area contributed by atoms with Crippen LogP contribution in [0.5, 0.6) is 11.5 Å². The Morgan fingerprint density at radius 3 is 2.67 bits per heavy atom. The van der Waals surface area contributed by atoms with Crippen LogP contribution in [0.1, 0.15) is 53.2 Å². The summed E-state index contributed by atoms with van der Waals surface area (Å²) in [6.07, 6.45) is -1.56. The fourth-order valence-corrected chi connectivity index (χ4v) is 4.08. The van der Waals surface area contributed by atoms with E-state index >= 15 is 0 Å². The number of aryl methyl sites for hydroxylation is 1. The number of rotatable bonds is 9. The summed E-state index contributed by atoms with van der Waals surface area (Å²) in [5.74, 6) is -1.19. The molecule has 0 spiro atoms. The molecule has 0 atom stereocenters. The van der Waals surface area contributed by atoms with Crippen LogP contribution in [0.2, 0.25) is 0 Å². The number of carboxylic acid groups (broad SMARTS) is 1. The van der Waals surface area contributed by atoms with Gasteiger partial charge in [-0.3, -0.25) is 5.41 Å². The van der Waals surface area contributed by atoms with Gasteiger partial charge in [-0.2, -0.15) is 13.2 Å². The molecule has 2 aromatic rings. The van der Waals surface area contributed by atoms with Crippen LogP contribution >= 0.6 is 0 Å². The molecule has 0 unspecified atom stereocenters. The molecule has 0 fully saturated rings. The second-order valence-electron chi connectivity index (χ2n) is 8.00. The molecule has 178 valence electrons. The molecule has 2 aromatic carbocycles. The molecule has 1 aliphatic heterocycles. The zero-order valence-electron chi connectivity index (χ0n) is 18.3. The van der Waals surface area contributed by atoms with E-state index in [-0.39, 0.29) is 11.1 Å².